The van der Waals surface area contributed by atoms with E-state index in [1.54, 1.807) is 0 Å². The zero-order chi connectivity index (χ0) is 9.78. The van der Waals surface area contributed by atoms with Gasteiger partial charge in [-0.3, -0.25) is 9.08 Å². The van der Waals surface area contributed by atoms with Crippen LogP contribution >= 0.6 is 0 Å². The van der Waals surface area contributed by atoms with Gasteiger partial charge in [-0.2, -0.15) is 13.7 Å². The van der Waals surface area contributed by atoms with Gasteiger partial charge in [0.05, 0.1) is 6.26 Å². The number of rotatable bonds is 3. The van der Waals surface area contributed by atoms with E-state index in [1.165, 1.54) is 6.07 Å². The van der Waals surface area contributed by atoms with Gasteiger partial charge in [0.2, 0.25) is 5.71 Å². The Kier molecular flexibility index (Phi) is 3.18. The lowest BCUT2D eigenvalue weighted by Crippen LogP contribution is -2.22. The Morgan fingerprint density at radius 1 is 1.67 bits per heavy atom. The molecule has 1 amide bonds. The summed E-state index contributed by atoms with van der Waals surface area (Å²) < 4.78 is 24.3. The highest BCUT2D eigenvalue weighted by Gasteiger charge is 2.08. The number of amides is 1. The molecule has 0 fully saturated rings. The molecular formula is C4H5N3O4S. The third kappa shape index (κ3) is 4.24. The molecule has 0 unspecified atom stereocenters. The van der Waals surface area contributed by atoms with Crippen LogP contribution in [0.2, 0.25) is 0 Å². The SMILES string of the molecule is CS(=O)(=O)O/N=C(/C#N)C(N)=O. The third-order valence-electron chi connectivity index (χ3n) is 0.603. The average Bonchev–Trinajstić information content (AvgIpc) is 1.85. The van der Waals surface area contributed by atoms with Gasteiger partial charge in [0.25, 0.3) is 5.91 Å². The highest BCUT2D eigenvalue weighted by molar-refractivity contribution is 7.85. The molecule has 66 valence electrons. The second kappa shape index (κ2) is 3.68. The monoisotopic (exact) mass is 191 g/mol. The van der Waals surface area contributed by atoms with Gasteiger partial charge in [-0.1, -0.05) is 0 Å². The molecule has 2 N–H and O–H groups in total. The maximum absolute atomic E-state index is 10.3. The van der Waals surface area contributed by atoms with Crippen LogP contribution in [0.15, 0.2) is 5.16 Å². The van der Waals surface area contributed by atoms with E-state index in [0.29, 0.717) is 6.26 Å². The van der Waals surface area contributed by atoms with E-state index in [4.69, 9.17) is 5.26 Å². The highest BCUT2D eigenvalue weighted by atomic mass is 32.2. The number of carbonyl (C=O) groups is 1. The zero-order valence-electron chi connectivity index (χ0n) is 6.01. The van der Waals surface area contributed by atoms with Crippen LogP contribution in [0.3, 0.4) is 0 Å². The first-order valence-electron chi connectivity index (χ1n) is 2.53. The van der Waals surface area contributed by atoms with Crippen LogP contribution in [0.4, 0.5) is 0 Å². The fourth-order valence-corrected chi connectivity index (χ4v) is 0.435. The van der Waals surface area contributed by atoms with Crippen LogP contribution in [0.25, 0.3) is 0 Å². The summed E-state index contributed by atoms with van der Waals surface area (Å²) in [5.41, 5.74) is 3.80. The Hall–Kier alpha value is -1.62. The Morgan fingerprint density at radius 3 is 2.42 bits per heavy atom. The summed E-state index contributed by atoms with van der Waals surface area (Å²) in [6.07, 6.45) is 0.715. The van der Waals surface area contributed by atoms with E-state index in [9.17, 15) is 13.2 Å². The van der Waals surface area contributed by atoms with Crippen LogP contribution in [0, 0.1) is 11.3 Å². The number of hydrogen-bond acceptors (Lipinski definition) is 6. The Morgan fingerprint density at radius 2 is 2.17 bits per heavy atom. The highest BCUT2D eigenvalue weighted by Crippen LogP contribution is 1.88. The largest absolute Gasteiger partial charge is 0.364 e. The number of primary amides is 1. The lowest BCUT2D eigenvalue weighted by Gasteiger charge is -1.92. The molecule has 0 saturated heterocycles. The molecule has 12 heavy (non-hydrogen) atoms. The van der Waals surface area contributed by atoms with Crippen molar-refractivity contribution in [1.29, 1.82) is 5.26 Å². The maximum atomic E-state index is 10.3. The number of carbonyl (C=O) groups excluding carboxylic acids is 1. The van der Waals surface area contributed by atoms with E-state index in [2.05, 4.69) is 15.2 Å². The molecule has 0 spiro atoms. The molecule has 0 aliphatic carbocycles. The van der Waals surface area contributed by atoms with Gasteiger partial charge in [-0.25, -0.2) is 0 Å². The summed E-state index contributed by atoms with van der Waals surface area (Å²) in [6, 6.07) is 1.26. The summed E-state index contributed by atoms with van der Waals surface area (Å²) in [7, 11) is -3.81. The lowest BCUT2D eigenvalue weighted by atomic mass is 10.4. The van der Waals surface area contributed by atoms with Crippen molar-refractivity contribution in [3.8, 4) is 6.07 Å². The standard InChI is InChI=1S/C4H5N3O4S/c1-12(9,10)11-7-3(2-5)4(6)8/h1H3,(H2,6,8)/b7-3-. The molecule has 0 radical (unpaired) electrons. The summed E-state index contributed by atoms with van der Waals surface area (Å²) in [6.45, 7) is 0. The number of nitriles is 1. The normalized spacial score (nSPS) is 11.8. The Labute approximate surface area is 68.5 Å². The van der Waals surface area contributed by atoms with Crippen LogP contribution in [0.1, 0.15) is 0 Å². The van der Waals surface area contributed by atoms with Crippen LogP contribution in [-0.4, -0.2) is 26.3 Å². The van der Waals surface area contributed by atoms with Gasteiger partial charge in [-0.05, 0) is 5.16 Å². The summed E-state index contributed by atoms with van der Waals surface area (Å²) in [4.78, 5) is 10.2. The van der Waals surface area contributed by atoms with Crippen LogP contribution < -0.4 is 5.73 Å². The Bertz CT molecular complexity index is 349. The molecule has 0 aliphatic heterocycles. The first-order valence-corrected chi connectivity index (χ1v) is 4.35. The van der Waals surface area contributed by atoms with Crippen molar-refractivity contribution < 1.29 is 17.5 Å². The van der Waals surface area contributed by atoms with E-state index >= 15 is 0 Å². The number of nitrogens with two attached hydrogens (primary N) is 1. The van der Waals surface area contributed by atoms with Gasteiger partial charge in [0.15, 0.2) is 0 Å². The second-order valence-electron chi connectivity index (χ2n) is 1.69. The minimum Gasteiger partial charge on any atom is -0.364 e. The molecule has 0 aliphatic rings. The molecule has 0 rings (SSSR count). The molecule has 8 heteroatoms. The molecule has 0 heterocycles. The van der Waals surface area contributed by atoms with E-state index in [0.717, 1.165) is 0 Å². The van der Waals surface area contributed by atoms with Gasteiger partial charge in [0, 0.05) is 0 Å². The smallest absolute Gasteiger partial charge is 0.325 e. The van der Waals surface area contributed by atoms with E-state index in [1.807, 2.05) is 0 Å². The molecule has 0 saturated carbocycles. The number of nitrogens with zero attached hydrogens (tertiary/aromatic N) is 2. The fourth-order valence-electron chi connectivity index (χ4n) is 0.225. The van der Waals surface area contributed by atoms with Crippen molar-refractivity contribution in [2.45, 2.75) is 0 Å². The molecule has 0 aromatic heterocycles. The molecule has 7 nitrogen and oxygen atoms in total. The summed E-state index contributed by atoms with van der Waals surface area (Å²) in [5.74, 6) is -1.15. The molecule has 0 aromatic rings. The Balaban J connectivity index is 4.58. The van der Waals surface area contributed by atoms with Gasteiger partial charge < -0.3 is 5.73 Å². The van der Waals surface area contributed by atoms with Crippen molar-refractivity contribution in [2.75, 3.05) is 6.26 Å². The average molecular weight is 191 g/mol. The van der Waals surface area contributed by atoms with Gasteiger partial charge >= 0.3 is 10.1 Å². The number of oxime groups is 1. The first-order chi connectivity index (χ1) is 5.37. The predicted octanol–water partition coefficient (Wildman–Crippen LogP) is -1.67. The third-order valence-corrected chi connectivity index (χ3v) is 0.949. The summed E-state index contributed by atoms with van der Waals surface area (Å²) >= 11 is 0. The maximum Gasteiger partial charge on any atom is 0.325 e. The van der Waals surface area contributed by atoms with Crippen molar-refractivity contribution in [1.82, 2.24) is 0 Å². The molecule has 0 aromatic carbocycles. The molecule has 0 atom stereocenters. The zero-order valence-corrected chi connectivity index (χ0v) is 6.83. The summed E-state index contributed by atoms with van der Waals surface area (Å²) in [5, 5.41) is 10.8. The quantitative estimate of drug-likeness (QED) is 0.422. The van der Waals surface area contributed by atoms with Gasteiger partial charge in [-0.15, -0.1) is 0 Å². The molecular weight excluding hydrogens is 186 g/mol. The van der Waals surface area contributed by atoms with E-state index in [-0.39, 0.29) is 0 Å². The molecule has 0 bridgehead atoms. The van der Waals surface area contributed by atoms with E-state index < -0.39 is 21.7 Å². The lowest BCUT2D eigenvalue weighted by molar-refractivity contribution is -0.111. The van der Waals surface area contributed by atoms with Crippen molar-refractivity contribution >= 4 is 21.7 Å². The first kappa shape index (κ1) is 10.4. The van der Waals surface area contributed by atoms with Crippen molar-refractivity contribution in [3.05, 3.63) is 0 Å². The van der Waals surface area contributed by atoms with Crippen molar-refractivity contribution in [2.24, 2.45) is 10.9 Å². The second-order valence-corrected chi connectivity index (χ2v) is 3.25. The van der Waals surface area contributed by atoms with Gasteiger partial charge in [0.1, 0.15) is 6.07 Å². The van der Waals surface area contributed by atoms with Crippen molar-refractivity contribution in [3.63, 3.8) is 0 Å². The minimum absolute atomic E-state index is 0.715. The fraction of sp³-hybridized carbons (Fsp3) is 0.250. The predicted molar refractivity (Wildman–Crippen MR) is 38.2 cm³/mol. The minimum atomic E-state index is -3.81. The number of hydrogen-bond donors (Lipinski definition) is 1. The van der Waals surface area contributed by atoms with Crippen LogP contribution in [0.5, 0.6) is 0 Å². The topological polar surface area (TPSA) is 123 Å². The van der Waals surface area contributed by atoms with Crippen LogP contribution in [-0.2, 0) is 19.2 Å².